The number of terminal acetylenes is 1. The summed E-state index contributed by atoms with van der Waals surface area (Å²) in [7, 11) is 0. The third-order valence-corrected chi connectivity index (χ3v) is 6.41. The lowest BCUT2D eigenvalue weighted by molar-refractivity contribution is 0.397. The molecule has 1 fully saturated rings. The van der Waals surface area contributed by atoms with Crippen LogP contribution < -0.4 is 4.90 Å². The normalized spacial score (nSPS) is 14.0. The largest absolute Gasteiger partial charge is 0.371 e. The Morgan fingerprint density at radius 2 is 1.88 bits per heavy atom. The third-order valence-electron chi connectivity index (χ3n) is 6.41. The van der Waals surface area contributed by atoms with Crippen LogP contribution in [0.5, 0.6) is 0 Å². The van der Waals surface area contributed by atoms with E-state index in [0.29, 0.717) is 29.0 Å². The van der Waals surface area contributed by atoms with Gasteiger partial charge in [-0.15, -0.1) is 6.42 Å². The Morgan fingerprint density at radius 3 is 2.55 bits per heavy atom. The summed E-state index contributed by atoms with van der Waals surface area (Å²) in [4.78, 5) is 6.82. The van der Waals surface area contributed by atoms with E-state index in [1.807, 2.05) is 24.3 Å². The number of piperidine rings is 1. The maximum Gasteiger partial charge on any atom is 0.129 e. The second-order valence-corrected chi connectivity index (χ2v) is 8.39. The Bertz CT molecular complexity index is 1240. The molecular weight excluding hydrogens is 416 g/mol. The van der Waals surface area contributed by atoms with Gasteiger partial charge in [0.15, 0.2) is 0 Å². The van der Waals surface area contributed by atoms with Crippen molar-refractivity contribution < 1.29 is 8.78 Å². The van der Waals surface area contributed by atoms with Gasteiger partial charge in [0.05, 0.1) is 5.56 Å². The van der Waals surface area contributed by atoms with E-state index < -0.39 is 11.6 Å². The monoisotopic (exact) mass is 441 g/mol. The van der Waals surface area contributed by atoms with Gasteiger partial charge in [0.2, 0.25) is 0 Å². The Balaban J connectivity index is 1.62. The lowest BCUT2D eigenvalue weighted by Gasteiger charge is -2.35. The van der Waals surface area contributed by atoms with Crippen molar-refractivity contribution in [1.82, 2.24) is 4.98 Å². The molecule has 0 bridgehead atoms. The molecule has 1 aliphatic heterocycles. The minimum absolute atomic E-state index is 0.319. The fourth-order valence-electron chi connectivity index (χ4n) is 4.62. The van der Waals surface area contributed by atoms with Crippen molar-refractivity contribution in [2.75, 3.05) is 18.0 Å². The average Bonchev–Trinajstić information content (AvgIpc) is 2.85. The van der Waals surface area contributed by atoms with Gasteiger partial charge in [0.1, 0.15) is 17.7 Å². The maximum absolute atomic E-state index is 14.1. The van der Waals surface area contributed by atoms with Crippen molar-refractivity contribution >= 4 is 5.69 Å². The van der Waals surface area contributed by atoms with Crippen LogP contribution in [0.15, 0.2) is 48.7 Å². The summed E-state index contributed by atoms with van der Waals surface area (Å²) in [6, 6.07) is 13.8. The van der Waals surface area contributed by atoms with Crippen LogP contribution in [0, 0.1) is 41.2 Å². The van der Waals surface area contributed by atoms with E-state index in [0.717, 1.165) is 60.9 Å². The predicted molar refractivity (Wildman–Crippen MR) is 127 cm³/mol. The molecule has 3 nitrogen and oxygen atoms in total. The molecule has 33 heavy (non-hydrogen) atoms. The highest BCUT2D eigenvalue weighted by molar-refractivity contribution is 5.83. The van der Waals surface area contributed by atoms with Crippen LogP contribution in [-0.4, -0.2) is 18.1 Å². The Hall–Kier alpha value is -3.70. The van der Waals surface area contributed by atoms with Gasteiger partial charge in [-0.3, -0.25) is 4.98 Å². The molecule has 2 heterocycles. The lowest BCUT2D eigenvalue weighted by atomic mass is 9.88. The molecular formula is C28H25F2N3. The van der Waals surface area contributed by atoms with Crippen LogP contribution >= 0.6 is 0 Å². The van der Waals surface area contributed by atoms with E-state index in [1.54, 1.807) is 12.3 Å². The fraction of sp³-hybridized carbons (Fsp3) is 0.286. The highest BCUT2D eigenvalue weighted by Gasteiger charge is 2.24. The van der Waals surface area contributed by atoms with Gasteiger partial charge in [-0.2, -0.15) is 5.26 Å². The number of aryl methyl sites for hydroxylation is 1. The van der Waals surface area contributed by atoms with Crippen molar-refractivity contribution in [3.8, 4) is 29.5 Å². The minimum Gasteiger partial charge on any atom is -0.371 e. The molecule has 0 saturated carbocycles. The number of benzene rings is 2. The summed E-state index contributed by atoms with van der Waals surface area (Å²) in [6.07, 6.45) is 10.6. The average molecular weight is 442 g/mol. The van der Waals surface area contributed by atoms with Gasteiger partial charge in [-0.25, -0.2) is 8.78 Å². The fourth-order valence-corrected chi connectivity index (χ4v) is 4.62. The number of hydrogen-bond acceptors (Lipinski definition) is 3. The Labute approximate surface area is 193 Å². The molecule has 0 amide bonds. The second-order valence-electron chi connectivity index (χ2n) is 8.39. The molecule has 2 aromatic carbocycles. The molecule has 1 aromatic heterocycles. The Morgan fingerprint density at radius 1 is 1.09 bits per heavy atom. The van der Waals surface area contributed by atoms with Gasteiger partial charge >= 0.3 is 0 Å². The van der Waals surface area contributed by atoms with E-state index in [1.165, 1.54) is 6.07 Å². The zero-order valence-electron chi connectivity index (χ0n) is 18.6. The maximum atomic E-state index is 14.1. The minimum atomic E-state index is -0.550. The molecule has 0 spiro atoms. The summed E-state index contributed by atoms with van der Waals surface area (Å²) in [6.45, 7) is 3.64. The molecule has 4 rings (SSSR count). The zero-order chi connectivity index (χ0) is 23.4. The number of hydrogen-bond donors (Lipinski definition) is 0. The molecule has 0 atom stereocenters. The van der Waals surface area contributed by atoms with Crippen LogP contribution in [0.4, 0.5) is 14.5 Å². The van der Waals surface area contributed by atoms with Gasteiger partial charge in [-0.1, -0.05) is 25.0 Å². The number of pyridine rings is 1. The van der Waals surface area contributed by atoms with Gasteiger partial charge in [0, 0.05) is 53.4 Å². The topological polar surface area (TPSA) is 39.9 Å². The first-order chi connectivity index (χ1) is 16.0. The van der Waals surface area contributed by atoms with E-state index in [4.69, 9.17) is 6.42 Å². The molecule has 3 aromatic rings. The van der Waals surface area contributed by atoms with Crippen molar-refractivity contribution in [3.05, 3.63) is 82.7 Å². The van der Waals surface area contributed by atoms with Crippen molar-refractivity contribution in [3.63, 3.8) is 0 Å². The summed E-state index contributed by atoms with van der Waals surface area (Å²) in [5.74, 6) is 1.94. The summed E-state index contributed by atoms with van der Waals surface area (Å²) in [5.41, 5.74) is 5.54. The number of nitriles is 1. The standard InChI is InChI=1S/C28H25F2N3/c1-3-20-16-28(25(15-22(20)18-31)24-6-5-11-32-27(24)4-2)33-12-9-19(10-13-33)14-21-7-8-23(29)17-26(21)30/h1,5-8,11,15-17,19H,4,9-10,12-14H2,2H3. The van der Waals surface area contributed by atoms with Gasteiger partial charge in [-0.05, 0) is 61.4 Å². The number of aromatic nitrogens is 1. The van der Waals surface area contributed by atoms with E-state index >= 15 is 0 Å². The highest BCUT2D eigenvalue weighted by atomic mass is 19.1. The molecule has 5 heteroatoms. The quantitative estimate of drug-likeness (QED) is 0.463. The van der Waals surface area contributed by atoms with Gasteiger partial charge < -0.3 is 4.90 Å². The number of halogens is 2. The van der Waals surface area contributed by atoms with Crippen LogP contribution in [0.25, 0.3) is 11.1 Å². The molecule has 166 valence electrons. The SMILES string of the molecule is C#Cc1cc(N2CCC(Cc3ccc(F)cc3F)CC2)c(-c2cccnc2CC)cc1C#N. The van der Waals surface area contributed by atoms with Gasteiger partial charge in [0.25, 0.3) is 0 Å². The number of anilines is 1. The second kappa shape index (κ2) is 9.84. The Kier molecular flexibility index (Phi) is 6.71. The molecule has 0 radical (unpaired) electrons. The molecule has 0 aliphatic carbocycles. The zero-order valence-corrected chi connectivity index (χ0v) is 18.6. The summed E-state index contributed by atoms with van der Waals surface area (Å²) >= 11 is 0. The van der Waals surface area contributed by atoms with Crippen LogP contribution in [0.1, 0.15) is 42.1 Å². The highest BCUT2D eigenvalue weighted by Crippen LogP contribution is 2.37. The molecule has 1 aliphatic rings. The predicted octanol–water partition coefficient (Wildman–Crippen LogP) is 5.90. The third kappa shape index (κ3) is 4.73. The van der Waals surface area contributed by atoms with Crippen molar-refractivity contribution in [2.24, 2.45) is 5.92 Å². The molecule has 0 N–H and O–H groups in total. The number of rotatable bonds is 5. The van der Waals surface area contributed by atoms with Crippen LogP contribution in [-0.2, 0) is 12.8 Å². The lowest BCUT2D eigenvalue weighted by Crippen LogP contribution is -2.34. The first-order valence-corrected chi connectivity index (χ1v) is 11.2. The van der Waals surface area contributed by atoms with Crippen molar-refractivity contribution in [1.29, 1.82) is 5.26 Å². The van der Waals surface area contributed by atoms with E-state index in [9.17, 15) is 14.0 Å². The molecule has 1 saturated heterocycles. The number of nitrogens with zero attached hydrogens (tertiary/aromatic N) is 3. The summed E-state index contributed by atoms with van der Waals surface area (Å²) in [5, 5.41) is 9.63. The molecule has 0 unspecified atom stereocenters. The van der Waals surface area contributed by atoms with Crippen LogP contribution in [0.2, 0.25) is 0 Å². The van der Waals surface area contributed by atoms with Crippen molar-refractivity contribution in [2.45, 2.75) is 32.6 Å². The van der Waals surface area contributed by atoms with Crippen LogP contribution in [0.3, 0.4) is 0 Å². The van der Waals surface area contributed by atoms with E-state index in [-0.39, 0.29) is 0 Å². The van der Waals surface area contributed by atoms with E-state index in [2.05, 4.69) is 28.8 Å². The first kappa shape index (κ1) is 22.5. The smallest absolute Gasteiger partial charge is 0.129 e. The summed E-state index contributed by atoms with van der Waals surface area (Å²) < 4.78 is 27.3. The first-order valence-electron chi connectivity index (χ1n) is 11.2.